The number of amides is 2. The van der Waals surface area contributed by atoms with Crippen molar-refractivity contribution >= 4 is 11.7 Å². The number of fused-ring (bicyclic) bond motifs is 1. The number of anilines is 1. The Kier molecular flexibility index (Phi) is 4.09. The monoisotopic (exact) mass is 302 g/mol. The van der Waals surface area contributed by atoms with Gasteiger partial charge in [0.15, 0.2) is 11.5 Å². The molecule has 0 atom stereocenters. The third-order valence-corrected chi connectivity index (χ3v) is 3.27. The summed E-state index contributed by atoms with van der Waals surface area (Å²) < 4.78 is 23.9. The van der Waals surface area contributed by atoms with E-state index < -0.39 is 0 Å². The molecule has 114 valence electrons. The maximum Gasteiger partial charge on any atom is 0.319 e. The highest BCUT2D eigenvalue weighted by Crippen LogP contribution is 2.34. The second-order valence-corrected chi connectivity index (χ2v) is 4.79. The van der Waals surface area contributed by atoms with Crippen molar-refractivity contribution in [3.63, 3.8) is 0 Å². The summed E-state index contributed by atoms with van der Waals surface area (Å²) in [5.41, 5.74) is 1.18. The van der Waals surface area contributed by atoms with E-state index in [2.05, 4.69) is 10.6 Å². The first kappa shape index (κ1) is 14.2. The molecular formula is C16H15FN2O3. The highest BCUT2D eigenvalue weighted by atomic mass is 19.1. The van der Waals surface area contributed by atoms with E-state index in [-0.39, 0.29) is 18.6 Å². The minimum absolute atomic E-state index is 0.188. The molecule has 2 N–H and O–H groups in total. The number of urea groups is 1. The molecule has 0 saturated carbocycles. The molecule has 2 aromatic rings. The number of hydrogen-bond donors (Lipinski definition) is 2. The third-order valence-electron chi connectivity index (χ3n) is 3.27. The van der Waals surface area contributed by atoms with E-state index in [1.54, 1.807) is 36.4 Å². The predicted molar refractivity (Wildman–Crippen MR) is 79.7 cm³/mol. The fraction of sp³-hybridized carbons (Fsp3) is 0.188. The number of ether oxygens (including phenoxy) is 2. The number of carbonyl (C=O) groups excluding carboxylic acids is 1. The van der Waals surface area contributed by atoms with Gasteiger partial charge in [0, 0.05) is 18.3 Å². The third kappa shape index (κ3) is 3.28. The van der Waals surface area contributed by atoms with Crippen molar-refractivity contribution in [1.29, 1.82) is 0 Å². The lowest BCUT2D eigenvalue weighted by atomic mass is 10.1. The van der Waals surface area contributed by atoms with E-state index >= 15 is 0 Å². The molecule has 6 heteroatoms. The largest absolute Gasteiger partial charge is 0.454 e. The number of carbonyl (C=O) groups is 1. The molecule has 3 rings (SSSR count). The lowest BCUT2D eigenvalue weighted by Crippen LogP contribution is -2.30. The van der Waals surface area contributed by atoms with Crippen molar-refractivity contribution in [3.8, 4) is 11.5 Å². The standard InChI is InChI=1S/C16H15FN2O3/c17-13-4-2-1-3-11(13)7-8-18-16(20)19-12-5-6-14-15(9-12)22-10-21-14/h1-6,9H,7-8,10H2,(H2,18,19,20). The molecule has 0 fully saturated rings. The van der Waals surface area contributed by atoms with Gasteiger partial charge in [-0.1, -0.05) is 18.2 Å². The molecule has 0 aliphatic carbocycles. The maximum absolute atomic E-state index is 13.4. The van der Waals surface area contributed by atoms with Crippen LogP contribution in [0.5, 0.6) is 11.5 Å². The molecule has 0 bridgehead atoms. The maximum atomic E-state index is 13.4. The van der Waals surface area contributed by atoms with Crippen LogP contribution in [0.1, 0.15) is 5.56 Å². The van der Waals surface area contributed by atoms with Crippen molar-refractivity contribution in [2.75, 3.05) is 18.7 Å². The van der Waals surface area contributed by atoms with Crippen LogP contribution in [0.2, 0.25) is 0 Å². The summed E-state index contributed by atoms with van der Waals surface area (Å²) in [6.07, 6.45) is 0.432. The smallest absolute Gasteiger partial charge is 0.319 e. The summed E-state index contributed by atoms with van der Waals surface area (Å²) in [6, 6.07) is 11.3. The molecule has 5 nitrogen and oxygen atoms in total. The van der Waals surface area contributed by atoms with Crippen LogP contribution in [-0.2, 0) is 6.42 Å². The summed E-state index contributed by atoms with van der Waals surface area (Å²) >= 11 is 0. The second kappa shape index (κ2) is 6.34. The lowest BCUT2D eigenvalue weighted by Gasteiger charge is -2.08. The number of hydrogen-bond acceptors (Lipinski definition) is 3. The van der Waals surface area contributed by atoms with Crippen molar-refractivity contribution in [3.05, 3.63) is 53.8 Å². The minimum Gasteiger partial charge on any atom is -0.454 e. The number of halogens is 1. The number of benzene rings is 2. The van der Waals surface area contributed by atoms with E-state index in [1.165, 1.54) is 6.07 Å². The topological polar surface area (TPSA) is 59.6 Å². The van der Waals surface area contributed by atoms with Gasteiger partial charge >= 0.3 is 6.03 Å². The van der Waals surface area contributed by atoms with Crippen molar-refractivity contribution < 1.29 is 18.7 Å². The fourth-order valence-electron chi connectivity index (χ4n) is 2.16. The van der Waals surface area contributed by atoms with Gasteiger partial charge in [-0.25, -0.2) is 9.18 Å². The molecule has 1 aliphatic rings. The number of rotatable bonds is 4. The van der Waals surface area contributed by atoms with Gasteiger partial charge in [0.25, 0.3) is 0 Å². The first-order valence-corrected chi connectivity index (χ1v) is 6.90. The molecule has 2 aromatic carbocycles. The molecule has 0 saturated heterocycles. The molecule has 0 aromatic heterocycles. The van der Waals surface area contributed by atoms with Gasteiger partial charge in [0.2, 0.25) is 6.79 Å². The van der Waals surface area contributed by atoms with Crippen LogP contribution in [0.25, 0.3) is 0 Å². The summed E-state index contributed by atoms with van der Waals surface area (Å²) in [5, 5.41) is 5.38. The zero-order valence-corrected chi connectivity index (χ0v) is 11.8. The Morgan fingerprint density at radius 3 is 2.82 bits per heavy atom. The molecule has 22 heavy (non-hydrogen) atoms. The van der Waals surface area contributed by atoms with Gasteiger partial charge in [-0.3, -0.25) is 0 Å². The van der Waals surface area contributed by atoms with E-state index in [0.29, 0.717) is 35.7 Å². The van der Waals surface area contributed by atoms with E-state index in [0.717, 1.165) is 0 Å². The van der Waals surface area contributed by atoms with Gasteiger partial charge in [-0.05, 0) is 30.2 Å². The Morgan fingerprint density at radius 2 is 1.95 bits per heavy atom. The van der Waals surface area contributed by atoms with Crippen LogP contribution in [0.15, 0.2) is 42.5 Å². The van der Waals surface area contributed by atoms with Crippen LogP contribution in [0.3, 0.4) is 0 Å². The Morgan fingerprint density at radius 1 is 1.14 bits per heavy atom. The van der Waals surface area contributed by atoms with Crippen LogP contribution in [0, 0.1) is 5.82 Å². The van der Waals surface area contributed by atoms with Crippen molar-refractivity contribution in [2.45, 2.75) is 6.42 Å². The molecule has 0 unspecified atom stereocenters. The zero-order valence-electron chi connectivity index (χ0n) is 11.8. The van der Waals surface area contributed by atoms with Gasteiger partial charge in [0.05, 0.1) is 0 Å². The Bertz CT molecular complexity index is 691. The zero-order chi connectivity index (χ0) is 15.4. The number of nitrogens with one attached hydrogen (secondary N) is 2. The first-order valence-electron chi connectivity index (χ1n) is 6.90. The molecule has 0 radical (unpaired) electrons. The van der Waals surface area contributed by atoms with Crippen molar-refractivity contribution in [1.82, 2.24) is 5.32 Å². The van der Waals surface area contributed by atoms with Gasteiger partial charge in [0.1, 0.15) is 5.82 Å². The molecular weight excluding hydrogens is 287 g/mol. The van der Waals surface area contributed by atoms with Gasteiger partial charge in [-0.15, -0.1) is 0 Å². The SMILES string of the molecule is O=C(NCCc1ccccc1F)Nc1ccc2c(c1)OCO2. The van der Waals surface area contributed by atoms with Crippen LogP contribution >= 0.6 is 0 Å². The van der Waals surface area contributed by atoms with E-state index in [1.807, 2.05) is 0 Å². The summed E-state index contributed by atoms with van der Waals surface area (Å²) in [7, 11) is 0. The van der Waals surface area contributed by atoms with E-state index in [4.69, 9.17) is 9.47 Å². The molecule has 0 spiro atoms. The van der Waals surface area contributed by atoms with Crippen LogP contribution < -0.4 is 20.1 Å². The van der Waals surface area contributed by atoms with Gasteiger partial charge < -0.3 is 20.1 Å². The summed E-state index contributed by atoms with van der Waals surface area (Å²) in [6.45, 7) is 0.533. The Balaban J connectivity index is 1.49. The Labute approximate surface area is 127 Å². The molecule has 1 aliphatic heterocycles. The quantitative estimate of drug-likeness (QED) is 0.913. The molecule has 2 amide bonds. The first-order chi connectivity index (χ1) is 10.7. The highest BCUT2D eigenvalue weighted by molar-refractivity contribution is 5.89. The highest BCUT2D eigenvalue weighted by Gasteiger charge is 2.14. The molecule has 1 heterocycles. The van der Waals surface area contributed by atoms with Crippen LogP contribution in [-0.4, -0.2) is 19.4 Å². The average Bonchev–Trinajstić information content (AvgIpc) is 2.97. The normalized spacial score (nSPS) is 12.0. The second-order valence-electron chi connectivity index (χ2n) is 4.79. The van der Waals surface area contributed by atoms with E-state index in [9.17, 15) is 9.18 Å². The summed E-state index contributed by atoms with van der Waals surface area (Å²) in [4.78, 5) is 11.8. The van der Waals surface area contributed by atoms with Crippen molar-refractivity contribution in [2.24, 2.45) is 0 Å². The van der Waals surface area contributed by atoms with Crippen LogP contribution in [0.4, 0.5) is 14.9 Å². The lowest BCUT2D eigenvalue weighted by molar-refractivity contribution is 0.174. The predicted octanol–water partition coefficient (Wildman–Crippen LogP) is 2.92. The average molecular weight is 302 g/mol. The minimum atomic E-state index is -0.352. The fourth-order valence-corrected chi connectivity index (χ4v) is 2.16. The summed E-state index contributed by atoms with van der Waals surface area (Å²) in [5.74, 6) is 0.996. The Hall–Kier alpha value is -2.76. The van der Waals surface area contributed by atoms with Gasteiger partial charge in [-0.2, -0.15) is 0 Å².